The Balaban J connectivity index is 2.01. The Bertz CT molecular complexity index is 741. The lowest BCUT2D eigenvalue weighted by molar-refractivity contribution is -0.139. The molecule has 2 aromatic rings. The summed E-state index contributed by atoms with van der Waals surface area (Å²) >= 11 is 1.55. The van der Waals surface area contributed by atoms with E-state index in [0.29, 0.717) is 24.3 Å². The minimum Gasteiger partial charge on any atom is -0.480 e. The van der Waals surface area contributed by atoms with Crippen molar-refractivity contribution in [2.45, 2.75) is 32.9 Å². The van der Waals surface area contributed by atoms with E-state index >= 15 is 0 Å². The van der Waals surface area contributed by atoms with Gasteiger partial charge in [0.1, 0.15) is 6.04 Å². The summed E-state index contributed by atoms with van der Waals surface area (Å²) < 4.78 is 1.91. The number of hydrogen-bond donors (Lipinski definition) is 2. The van der Waals surface area contributed by atoms with E-state index in [2.05, 4.69) is 10.4 Å². The fraction of sp³-hybridized carbons (Fsp3) is 0.389. The van der Waals surface area contributed by atoms with E-state index in [-0.39, 0.29) is 5.91 Å². The van der Waals surface area contributed by atoms with E-state index in [9.17, 15) is 14.7 Å². The summed E-state index contributed by atoms with van der Waals surface area (Å²) in [6, 6.07) is 8.30. The zero-order chi connectivity index (χ0) is 18.4. The molecule has 2 rings (SSSR count). The molecule has 0 saturated heterocycles. The first kappa shape index (κ1) is 19.1. The van der Waals surface area contributed by atoms with E-state index < -0.39 is 12.0 Å². The van der Waals surface area contributed by atoms with Crippen molar-refractivity contribution in [1.29, 1.82) is 0 Å². The molecule has 134 valence electrons. The molecule has 2 N–H and O–H groups in total. The summed E-state index contributed by atoms with van der Waals surface area (Å²) in [6.07, 6.45) is 2.31. The lowest BCUT2D eigenvalue weighted by atomic mass is 10.1. The standard InChI is InChI=1S/C18H23N3O3S/c1-12-10-13(2)21(20-12)11-14-4-6-15(7-5-14)17(22)19-16(18(23)24)8-9-25-3/h4-7,10,16H,8-9,11H2,1-3H3,(H,19,22)(H,23,24)/t16-/m0/s1. The quantitative estimate of drug-likeness (QED) is 0.755. The number of aryl methyl sites for hydroxylation is 2. The van der Waals surface area contributed by atoms with E-state index in [4.69, 9.17) is 0 Å². The topological polar surface area (TPSA) is 84.2 Å². The SMILES string of the molecule is CSCC[C@H](NC(=O)c1ccc(Cn2nc(C)cc2C)cc1)C(=O)O. The Morgan fingerprint density at radius 3 is 2.48 bits per heavy atom. The number of aromatic nitrogens is 2. The predicted octanol–water partition coefficient (Wildman–Crippen LogP) is 2.48. The van der Waals surface area contributed by atoms with Crippen LogP contribution in [0.2, 0.25) is 0 Å². The van der Waals surface area contributed by atoms with Gasteiger partial charge in [0.2, 0.25) is 0 Å². The van der Waals surface area contributed by atoms with Crippen molar-refractivity contribution in [2.75, 3.05) is 12.0 Å². The van der Waals surface area contributed by atoms with Gasteiger partial charge in [0, 0.05) is 11.3 Å². The van der Waals surface area contributed by atoms with Crippen LogP contribution in [-0.2, 0) is 11.3 Å². The highest BCUT2D eigenvalue weighted by molar-refractivity contribution is 7.98. The summed E-state index contributed by atoms with van der Waals surface area (Å²) in [4.78, 5) is 23.5. The first-order chi connectivity index (χ1) is 11.9. The summed E-state index contributed by atoms with van der Waals surface area (Å²) in [6.45, 7) is 4.59. The van der Waals surface area contributed by atoms with Crippen molar-refractivity contribution in [2.24, 2.45) is 0 Å². The highest BCUT2D eigenvalue weighted by Crippen LogP contribution is 2.10. The molecule has 0 spiro atoms. The van der Waals surface area contributed by atoms with Crippen LogP contribution < -0.4 is 5.32 Å². The molecule has 6 nitrogen and oxygen atoms in total. The molecule has 0 radical (unpaired) electrons. The maximum atomic E-state index is 12.3. The van der Waals surface area contributed by atoms with Gasteiger partial charge < -0.3 is 10.4 Å². The van der Waals surface area contributed by atoms with Gasteiger partial charge in [0.15, 0.2) is 0 Å². The molecule has 0 aliphatic heterocycles. The monoisotopic (exact) mass is 361 g/mol. The summed E-state index contributed by atoms with van der Waals surface area (Å²) in [5.41, 5.74) is 3.53. The molecule has 0 unspecified atom stereocenters. The summed E-state index contributed by atoms with van der Waals surface area (Å²) in [7, 11) is 0. The summed E-state index contributed by atoms with van der Waals surface area (Å²) in [5.74, 6) is -0.701. The van der Waals surface area contributed by atoms with Crippen LogP contribution in [0.25, 0.3) is 0 Å². The molecular formula is C18H23N3O3S. The number of carboxylic acids is 1. The number of benzene rings is 1. The van der Waals surface area contributed by atoms with Crippen LogP contribution in [0, 0.1) is 13.8 Å². The predicted molar refractivity (Wildman–Crippen MR) is 99.1 cm³/mol. The molecule has 0 saturated carbocycles. The molecule has 1 aromatic carbocycles. The second kappa shape index (κ2) is 8.71. The van der Waals surface area contributed by atoms with Crippen LogP contribution in [0.4, 0.5) is 0 Å². The Morgan fingerprint density at radius 2 is 1.96 bits per heavy atom. The molecule has 1 amide bonds. The Kier molecular flexibility index (Phi) is 6.64. The van der Waals surface area contributed by atoms with Gasteiger partial charge in [-0.05, 0) is 56.0 Å². The lowest BCUT2D eigenvalue weighted by Crippen LogP contribution is -2.41. The number of aliphatic carboxylic acids is 1. The largest absolute Gasteiger partial charge is 0.480 e. The number of rotatable bonds is 8. The number of amides is 1. The fourth-order valence-electron chi connectivity index (χ4n) is 2.50. The third kappa shape index (κ3) is 5.35. The normalized spacial score (nSPS) is 12.0. The minimum absolute atomic E-state index is 0.369. The number of carbonyl (C=O) groups excluding carboxylic acids is 1. The molecular weight excluding hydrogens is 338 g/mol. The van der Waals surface area contributed by atoms with Crippen LogP contribution >= 0.6 is 11.8 Å². The van der Waals surface area contributed by atoms with Gasteiger partial charge in [0.05, 0.1) is 12.2 Å². The van der Waals surface area contributed by atoms with E-state index in [1.807, 2.05) is 43.0 Å². The number of carboxylic acid groups (broad SMARTS) is 1. The van der Waals surface area contributed by atoms with Gasteiger partial charge in [-0.2, -0.15) is 16.9 Å². The molecule has 25 heavy (non-hydrogen) atoms. The Hall–Kier alpha value is -2.28. The zero-order valence-electron chi connectivity index (χ0n) is 14.7. The van der Waals surface area contributed by atoms with Crippen molar-refractivity contribution in [3.05, 3.63) is 52.8 Å². The molecule has 0 aliphatic rings. The number of nitrogens with one attached hydrogen (secondary N) is 1. The number of nitrogens with zero attached hydrogens (tertiary/aromatic N) is 2. The third-order valence-electron chi connectivity index (χ3n) is 3.87. The van der Waals surface area contributed by atoms with Gasteiger partial charge in [-0.1, -0.05) is 12.1 Å². The third-order valence-corrected chi connectivity index (χ3v) is 4.51. The van der Waals surface area contributed by atoms with Crippen molar-refractivity contribution >= 4 is 23.6 Å². The zero-order valence-corrected chi connectivity index (χ0v) is 15.5. The molecule has 1 aromatic heterocycles. The summed E-state index contributed by atoms with van der Waals surface area (Å²) in [5, 5.41) is 16.2. The average Bonchev–Trinajstić information content (AvgIpc) is 2.89. The number of hydrogen-bond acceptors (Lipinski definition) is 4. The lowest BCUT2D eigenvalue weighted by Gasteiger charge is -2.14. The molecule has 0 fully saturated rings. The first-order valence-electron chi connectivity index (χ1n) is 8.03. The van der Waals surface area contributed by atoms with Crippen LogP contribution in [0.3, 0.4) is 0 Å². The molecule has 1 heterocycles. The van der Waals surface area contributed by atoms with E-state index in [0.717, 1.165) is 17.0 Å². The van der Waals surface area contributed by atoms with Crippen LogP contribution in [0.15, 0.2) is 30.3 Å². The fourth-order valence-corrected chi connectivity index (χ4v) is 2.98. The first-order valence-corrected chi connectivity index (χ1v) is 9.42. The maximum Gasteiger partial charge on any atom is 0.326 e. The minimum atomic E-state index is -1.01. The van der Waals surface area contributed by atoms with Crippen LogP contribution in [-0.4, -0.2) is 44.8 Å². The molecule has 7 heteroatoms. The second-order valence-corrected chi connectivity index (χ2v) is 6.91. The van der Waals surface area contributed by atoms with E-state index in [1.54, 1.807) is 23.9 Å². The van der Waals surface area contributed by atoms with Crippen molar-refractivity contribution in [1.82, 2.24) is 15.1 Å². The van der Waals surface area contributed by atoms with Gasteiger partial charge in [-0.3, -0.25) is 9.48 Å². The van der Waals surface area contributed by atoms with Crippen molar-refractivity contribution < 1.29 is 14.7 Å². The van der Waals surface area contributed by atoms with Gasteiger partial charge in [-0.25, -0.2) is 4.79 Å². The van der Waals surface area contributed by atoms with E-state index in [1.165, 1.54) is 0 Å². The van der Waals surface area contributed by atoms with Crippen LogP contribution in [0.5, 0.6) is 0 Å². The van der Waals surface area contributed by atoms with Gasteiger partial charge >= 0.3 is 5.97 Å². The van der Waals surface area contributed by atoms with Gasteiger partial charge in [0.25, 0.3) is 5.91 Å². The van der Waals surface area contributed by atoms with Gasteiger partial charge in [-0.15, -0.1) is 0 Å². The molecule has 0 aliphatic carbocycles. The van der Waals surface area contributed by atoms with Crippen molar-refractivity contribution in [3.63, 3.8) is 0 Å². The van der Waals surface area contributed by atoms with Crippen molar-refractivity contribution in [3.8, 4) is 0 Å². The maximum absolute atomic E-state index is 12.3. The van der Waals surface area contributed by atoms with Crippen LogP contribution in [0.1, 0.15) is 33.7 Å². The molecule has 1 atom stereocenters. The molecule has 0 bridgehead atoms. The smallest absolute Gasteiger partial charge is 0.326 e. The Morgan fingerprint density at radius 1 is 1.28 bits per heavy atom. The highest BCUT2D eigenvalue weighted by Gasteiger charge is 2.20. The number of carbonyl (C=O) groups is 2. The average molecular weight is 361 g/mol. The highest BCUT2D eigenvalue weighted by atomic mass is 32.2. The second-order valence-electron chi connectivity index (χ2n) is 5.93. The number of thioether (sulfide) groups is 1. The Labute approximate surface area is 151 Å².